The summed E-state index contributed by atoms with van der Waals surface area (Å²) in [6, 6.07) is 15.6. The zero-order chi connectivity index (χ0) is 18.4. The number of aromatic nitrogens is 3. The third-order valence-electron chi connectivity index (χ3n) is 3.79. The first-order valence-corrected chi connectivity index (χ1v) is 9.15. The highest BCUT2D eigenvalue weighted by Crippen LogP contribution is 2.20. The highest BCUT2D eigenvalue weighted by atomic mass is 32.2. The topological polar surface area (TPSA) is 79.9 Å². The Balaban J connectivity index is 1.51. The number of hydrogen-bond donors (Lipinski definition) is 2. The maximum atomic E-state index is 12.1. The second-order valence-electron chi connectivity index (χ2n) is 5.71. The molecule has 134 valence electrons. The molecule has 0 spiro atoms. The molecule has 3 rings (SSSR count). The van der Waals surface area contributed by atoms with Gasteiger partial charge >= 0.3 is 0 Å². The molecule has 1 amide bonds. The van der Waals surface area contributed by atoms with Gasteiger partial charge in [0.2, 0.25) is 11.1 Å². The first-order valence-electron chi connectivity index (χ1n) is 8.16. The lowest BCUT2D eigenvalue weighted by atomic mass is 10.1. The molecule has 7 heteroatoms. The Morgan fingerprint density at radius 3 is 2.73 bits per heavy atom. The van der Waals surface area contributed by atoms with Crippen LogP contribution in [-0.2, 0) is 11.3 Å². The van der Waals surface area contributed by atoms with Crippen molar-refractivity contribution in [2.24, 2.45) is 0 Å². The summed E-state index contributed by atoms with van der Waals surface area (Å²) in [6.45, 7) is 2.46. The summed E-state index contributed by atoms with van der Waals surface area (Å²) in [5.41, 5.74) is 3.10. The molecule has 0 bridgehead atoms. The van der Waals surface area contributed by atoms with Crippen LogP contribution < -0.4 is 10.1 Å². The molecule has 0 aliphatic heterocycles. The molecular weight excluding hydrogens is 348 g/mol. The number of ether oxygens (including phenoxy) is 1. The van der Waals surface area contributed by atoms with Crippen molar-refractivity contribution in [3.63, 3.8) is 0 Å². The monoisotopic (exact) mass is 368 g/mol. The number of para-hydroxylation sites is 1. The molecule has 6 nitrogen and oxygen atoms in total. The van der Waals surface area contributed by atoms with Gasteiger partial charge in [0.15, 0.2) is 5.82 Å². The number of aromatic amines is 1. The van der Waals surface area contributed by atoms with Crippen molar-refractivity contribution in [2.75, 3.05) is 12.9 Å². The van der Waals surface area contributed by atoms with Crippen LogP contribution in [0.5, 0.6) is 5.75 Å². The van der Waals surface area contributed by atoms with Crippen LogP contribution >= 0.6 is 11.8 Å². The van der Waals surface area contributed by atoms with E-state index in [-0.39, 0.29) is 11.7 Å². The number of H-pyrrole nitrogens is 1. The number of nitrogens with zero attached hydrogens (tertiary/aromatic N) is 2. The number of nitrogens with one attached hydrogen (secondary N) is 2. The van der Waals surface area contributed by atoms with Crippen LogP contribution in [-0.4, -0.2) is 34.0 Å². The molecule has 0 saturated carbocycles. The van der Waals surface area contributed by atoms with Gasteiger partial charge in [0.1, 0.15) is 5.75 Å². The van der Waals surface area contributed by atoms with Gasteiger partial charge < -0.3 is 10.1 Å². The van der Waals surface area contributed by atoms with Gasteiger partial charge in [0.25, 0.3) is 0 Å². The number of thioether (sulfide) groups is 1. The van der Waals surface area contributed by atoms with Crippen molar-refractivity contribution in [2.45, 2.75) is 18.6 Å². The Kier molecular flexibility index (Phi) is 5.91. The van der Waals surface area contributed by atoms with Crippen LogP contribution in [0.3, 0.4) is 0 Å². The molecule has 0 aliphatic carbocycles. The molecule has 0 radical (unpaired) electrons. The molecule has 3 aromatic rings. The van der Waals surface area contributed by atoms with E-state index in [0.717, 1.165) is 16.9 Å². The van der Waals surface area contributed by atoms with Crippen molar-refractivity contribution in [3.8, 4) is 17.1 Å². The second kappa shape index (κ2) is 8.53. The zero-order valence-corrected chi connectivity index (χ0v) is 15.5. The van der Waals surface area contributed by atoms with Crippen LogP contribution in [0.4, 0.5) is 0 Å². The first kappa shape index (κ1) is 18.0. The quantitative estimate of drug-likeness (QED) is 0.626. The number of hydrogen-bond acceptors (Lipinski definition) is 5. The fraction of sp³-hybridized carbons (Fsp3) is 0.211. The van der Waals surface area contributed by atoms with Crippen LogP contribution in [0.2, 0.25) is 0 Å². The van der Waals surface area contributed by atoms with Gasteiger partial charge in [-0.3, -0.25) is 9.89 Å². The maximum absolute atomic E-state index is 12.1. The van der Waals surface area contributed by atoms with Crippen molar-refractivity contribution in [3.05, 3.63) is 59.7 Å². The Morgan fingerprint density at radius 1 is 1.19 bits per heavy atom. The minimum absolute atomic E-state index is 0.0809. The van der Waals surface area contributed by atoms with Gasteiger partial charge in [0.05, 0.1) is 12.9 Å². The maximum Gasteiger partial charge on any atom is 0.230 e. The van der Waals surface area contributed by atoms with E-state index in [2.05, 4.69) is 20.5 Å². The molecule has 0 saturated heterocycles. The Morgan fingerprint density at radius 2 is 1.96 bits per heavy atom. The summed E-state index contributed by atoms with van der Waals surface area (Å²) < 4.78 is 5.28. The predicted octanol–water partition coefficient (Wildman–Crippen LogP) is 3.20. The smallest absolute Gasteiger partial charge is 0.230 e. The number of carbonyl (C=O) groups is 1. The average molecular weight is 368 g/mol. The third-order valence-corrected chi connectivity index (χ3v) is 4.64. The van der Waals surface area contributed by atoms with Crippen LogP contribution in [0.25, 0.3) is 11.4 Å². The Labute approximate surface area is 156 Å². The van der Waals surface area contributed by atoms with E-state index in [1.54, 1.807) is 7.11 Å². The number of benzene rings is 2. The van der Waals surface area contributed by atoms with Crippen molar-refractivity contribution in [1.29, 1.82) is 0 Å². The lowest BCUT2D eigenvalue weighted by Gasteiger charge is -2.08. The van der Waals surface area contributed by atoms with Crippen LogP contribution in [0, 0.1) is 6.92 Å². The summed E-state index contributed by atoms with van der Waals surface area (Å²) in [5.74, 6) is 1.63. The van der Waals surface area contributed by atoms with Gasteiger partial charge in [-0.2, -0.15) is 0 Å². The molecule has 0 atom stereocenters. The van der Waals surface area contributed by atoms with E-state index in [9.17, 15) is 4.79 Å². The molecule has 1 aromatic heterocycles. The lowest BCUT2D eigenvalue weighted by molar-refractivity contribution is -0.118. The molecular formula is C19H20N4O2S. The first-order chi connectivity index (χ1) is 12.7. The van der Waals surface area contributed by atoms with Crippen LogP contribution in [0.1, 0.15) is 11.1 Å². The highest BCUT2D eigenvalue weighted by Gasteiger charge is 2.10. The average Bonchev–Trinajstić information content (AvgIpc) is 3.14. The van der Waals surface area contributed by atoms with Gasteiger partial charge in [-0.15, -0.1) is 5.10 Å². The summed E-state index contributed by atoms with van der Waals surface area (Å²) in [5, 5.41) is 10.5. The van der Waals surface area contributed by atoms with Crippen LogP contribution in [0.15, 0.2) is 53.7 Å². The minimum Gasteiger partial charge on any atom is -0.496 e. The van der Waals surface area contributed by atoms with E-state index in [0.29, 0.717) is 17.5 Å². The molecule has 1 heterocycles. The second-order valence-corrected chi connectivity index (χ2v) is 6.65. The molecule has 0 aliphatic rings. The molecule has 2 aromatic carbocycles. The molecule has 26 heavy (non-hydrogen) atoms. The van der Waals surface area contributed by atoms with E-state index < -0.39 is 0 Å². The van der Waals surface area contributed by atoms with Gasteiger partial charge in [-0.25, -0.2) is 4.98 Å². The molecule has 2 N–H and O–H groups in total. The molecule has 0 unspecified atom stereocenters. The lowest BCUT2D eigenvalue weighted by Crippen LogP contribution is -2.24. The largest absolute Gasteiger partial charge is 0.496 e. The molecule has 0 fully saturated rings. The van der Waals surface area contributed by atoms with E-state index >= 15 is 0 Å². The van der Waals surface area contributed by atoms with Gasteiger partial charge in [0, 0.05) is 17.7 Å². The van der Waals surface area contributed by atoms with Crippen molar-refractivity contribution in [1.82, 2.24) is 20.5 Å². The number of carbonyl (C=O) groups excluding carboxylic acids is 1. The SMILES string of the molecule is COc1ccccc1CNC(=O)CSc1n[nH]c(-c2ccc(C)cc2)n1. The predicted molar refractivity (Wildman–Crippen MR) is 102 cm³/mol. The van der Waals surface area contributed by atoms with E-state index in [1.807, 2.05) is 55.5 Å². The summed E-state index contributed by atoms with van der Waals surface area (Å²) in [4.78, 5) is 16.5. The van der Waals surface area contributed by atoms with Crippen molar-refractivity contribution >= 4 is 17.7 Å². The van der Waals surface area contributed by atoms with Crippen molar-refractivity contribution < 1.29 is 9.53 Å². The number of amides is 1. The Hall–Kier alpha value is -2.80. The number of rotatable bonds is 7. The summed E-state index contributed by atoms with van der Waals surface area (Å²) in [6.07, 6.45) is 0. The van der Waals surface area contributed by atoms with E-state index in [1.165, 1.54) is 17.3 Å². The fourth-order valence-electron chi connectivity index (χ4n) is 2.38. The van der Waals surface area contributed by atoms with Gasteiger partial charge in [-0.1, -0.05) is 59.8 Å². The fourth-order valence-corrected chi connectivity index (χ4v) is 3.00. The zero-order valence-electron chi connectivity index (χ0n) is 14.7. The summed E-state index contributed by atoms with van der Waals surface area (Å²) >= 11 is 1.30. The number of aryl methyl sites for hydroxylation is 1. The minimum atomic E-state index is -0.0809. The summed E-state index contributed by atoms with van der Waals surface area (Å²) in [7, 11) is 1.62. The highest BCUT2D eigenvalue weighted by molar-refractivity contribution is 7.99. The van der Waals surface area contributed by atoms with E-state index in [4.69, 9.17) is 4.74 Å². The standard InChI is InChI=1S/C19H20N4O2S/c1-13-7-9-14(10-8-13)18-21-19(23-22-18)26-12-17(24)20-11-15-5-3-4-6-16(15)25-2/h3-10H,11-12H2,1-2H3,(H,20,24)(H,21,22,23). The Bertz CT molecular complexity index is 877. The third kappa shape index (κ3) is 4.64. The van der Waals surface area contributed by atoms with Gasteiger partial charge in [-0.05, 0) is 13.0 Å². The number of methoxy groups -OCH3 is 1. The normalized spacial score (nSPS) is 10.5.